The van der Waals surface area contributed by atoms with Gasteiger partial charge in [0.05, 0.1) is 11.4 Å². The van der Waals surface area contributed by atoms with Crippen molar-refractivity contribution in [3.8, 4) is 0 Å². The average Bonchev–Trinajstić information content (AvgIpc) is 2.78. The Hall–Kier alpha value is 0.780. The third-order valence-corrected chi connectivity index (χ3v) is 7.83. The molecule has 1 saturated carbocycles. The Balaban J connectivity index is 2.74. The molecule has 0 aromatic rings. The van der Waals surface area contributed by atoms with Gasteiger partial charge in [0.15, 0.2) is 0 Å². The predicted octanol–water partition coefficient (Wildman–Crippen LogP) is 6.15. The van der Waals surface area contributed by atoms with Crippen LogP contribution < -0.4 is 0 Å². The van der Waals surface area contributed by atoms with Gasteiger partial charge < -0.3 is 10.2 Å². The lowest BCUT2D eigenvalue weighted by Crippen LogP contribution is -2.27. The maximum Gasteiger partial charge on any atom is 0.0781 e. The van der Waals surface area contributed by atoms with Crippen molar-refractivity contribution in [3.63, 3.8) is 0 Å². The lowest BCUT2D eigenvalue weighted by Gasteiger charge is -2.33. The van der Waals surface area contributed by atoms with Gasteiger partial charge in [0, 0.05) is 0 Å². The average molecular weight is 405 g/mol. The summed E-state index contributed by atoms with van der Waals surface area (Å²) in [5, 5.41) is 20.3. The smallest absolute Gasteiger partial charge is 0.0781 e. The van der Waals surface area contributed by atoms with E-state index in [9.17, 15) is 10.2 Å². The molecule has 1 rings (SSSR count). The molecule has 8 atom stereocenters. The third kappa shape index (κ3) is 9.82. The second-order valence-corrected chi connectivity index (χ2v) is 11.0. The van der Waals surface area contributed by atoms with Crippen molar-refractivity contribution >= 4 is 18.5 Å². The van der Waals surface area contributed by atoms with Crippen LogP contribution in [0.25, 0.3) is 0 Å². The zero-order chi connectivity index (χ0) is 19.6. The molecule has 0 heterocycles. The number of rotatable bonds is 12. The Labute approximate surface area is 168 Å². The van der Waals surface area contributed by atoms with Gasteiger partial charge in [0.25, 0.3) is 0 Å². The Morgan fingerprint density at radius 1 is 1.04 bits per heavy atom. The second-order valence-electron chi connectivity index (χ2n) is 9.01. The molecule has 0 aromatic carbocycles. The molecule has 0 aliphatic heterocycles. The molecule has 0 radical (unpaired) electrons. The summed E-state index contributed by atoms with van der Waals surface area (Å²) in [7, 11) is 5.79. The number of aliphatic hydroxyl groups excluding tert-OH is 1. The van der Waals surface area contributed by atoms with Crippen LogP contribution in [0.1, 0.15) is 104 Å². The normalized spacial score (nSPS) is 29.0. The largest absolute Gasteiger partial charge is 0.393 e. The lowest BCUT2D eigenvalue weighted by atomic mass is 9.77. The molecular formula is C22H46O2P2. The van der Waals surface area contributed by atoms with Crippen LogP contribution in [0, 0.1) is 17.8 Å². The number of hydrogen-bond acceptors (Lipinski definition) is 2. The zero-order valence-electron chi connectivity index (χ0n) is 17.6. The monoisotopic (exact) mass is 404 g/mol. The first-order valence-electron chi connectivity index (χ1n) is 11.3. The van der Waals surface area contributed by atoms with Crippen molar-refractivity contribution in [2.45, 2.75) is 121 Å². The Bertz CT molecular complexity index is 362. The molecule has 0 bridgehead atoms. The maximum atomic E-state index is 10.7. The SMILES string of the molecule is CCCC(CCC(CC(P)CC)C1CCCCC(O)(P)C1)CC(O)CC. The first kappa shape index (κ1) is 24.8. The highest BCUT2D eigenvalue weighted by atomic mass is 31.0. The summed E-state index contributed by atoms with van der Waals surface area (Å²) in [6, 6.07) is 0. The fourth-order valence-corrected chi connectivity index (χ4v) is 5.65. The third-order valence-electron chi connectivity index (χ3n) is 6.57. The van der Waals surface area contributed by atoms with Crippen LogP contribution in [0.15, 0.2) is 0 Å². The van der Waals surface area contributed by atoms with Gasteiger partial charge in [0.1, 0.15) is 0 Å². The first-order valence-corrected chi connectivity index (χ1v) is 12.5. The Morgan fingerprint density at radius 2 is 1.77 bits per heavy atom. The van der Waals surface area contributed by atoms with Crippen LogP contribution >= 0.6 is 18.5 Å². The summed E-state index contributed by atoms with van der Waals surface area (Å²) < 4.78 is 0. The van der Waals surface area contributed by atoms with Gasteiger partial charge in [-0.1, -0.05) is 59.3 Å². The fraction of sp³-hybridized carbons (Fsp3) is 1.00. The molecule has 1 fully saturated rings. The van der Waals surface area contributed by atoms with E-state index in [4.69, 9.17) is 0 Å². The Kier molecular flexibility index (Phi) is 12.5. The van der Waals surface area contributed by atoms with Crippen LogP contribution in [0.4, 0.5) is 0 Å². The van der Waals surface area contributed by atoms with E-state index in [1.54, 1.807) is 0 Å². The van der Waals surface area contributed by atoms with Gasteiger partial charge in [0.2, 0.25) is 0 Å². The molecule has 1 aliphatic carbocycles. The topological polar surface area (TPSA) is 40.5 Å². The molecule has 26 heavy (non-hydrogen) atoms. The van der Waals surface area contributed by atoms with E-state index in [1.165, 1.54) is 51.4 Å². The molecule has 8 unspecified atom stereocenters. The van der Waals surface area contributed by atoms with E-state index in [-0.39, 0.29) is 6.10 Å². The van der Waals surface area contributed by atoms with Crippen LogP contribution in [0.5, 0.6) is 0 Å². The van der Waals surface area contributed by atoms with Crippen LogP contribution in [0.3, 0.4) is 0 Å². The molecule has 4 heteroatoms. The van der Waals surface area contributed by atoms with Crippen molar-refractivity contribution in [1.29, 1.82) is 0 Å². The van der Waals surface area contributed by atoms with E-state index < -0.39 is 5.34 Å². The Morgan fingerprint density at radius 3 is 2.38 bits per heavy atom. The summed E-state index contributed by atoms with van der Waals surface area (Å²) in [5.41, 5.74) is 0.687. The molecule has 0 saturated heterocycles. The molecule has 2 N–H and O–H groups in total. The summed E-state index contributed by atoms with van der Waals surface area (Å²) in [6.45, 7) is 6.63. The molecule has 156 valence electrons. The van der Waals surface area contributed by atoms with E-state index in [2.05, 4.69) is 39.3 Å². The van der Waals surface area contributed by atoms with Gasteiger partial charge in [-0.05, 0) is 68.4 Å². The molecule has 0 spiro atoms. The molecule has 0 amide bonds. The number of hydrogen-bond donors (Lipinski definition) is 2. The van der Waals surface area contributed by atoms with Crippen molar-refractivity contribution in [2.24, 2.45) is 17.8 Å². The number of aliphatic hydroxyl groups is 2. The van der Waals surface area contributed by atoms with Crippen LogP contribution in [-0.2, 0) is 0 Å². The standard InChI is InChI=1S/C22H46O2P2/c1-4-9-17(14-20(23)5-2)11-12-18(15-21(25)6-3)19-10-7-8-13-22(24,26)16-19/h17-21,23-24H,4-16,25-26H2,1-3H3. The summed E-state index contributed by atoms with van der Waals surface area (Å²) >= 11 is 0. The van der Waals surface area contributed by atoms with E-state index in [1.807, 2.05) is 0 Å². The maximum absolute atomic E-state index is 10.7. The first-order chi connectivity index (χ1) is 12.3. The molecule has 0 aromatic heterocycles. The quantitative estimate of drug-likeness (QED) is 0.303. The van der Waals surface area contributed by atoms with E-state index in [0.717, 1.165) is 32.1 Å². The molecule has 1 aliphatic rings. The van der Waals surface area contributed by atoms with Crippen LogP contribution in [-0.4, -0.2) is 27.3 Å². The summed E-state index contributed by atoms with van der Waals surface area (Å²) in [4.78, 5) is 0. The van der Waals surface area contributed by atoms with Crippen molar-refractivity contribution in [2.75, 3.05) is 0 Å². The zero-order valence-corrected chi connectivity index (χ0v) is 19.9. The van der Waals surface area contributed by atoms with E-state index in [0.29, 0.717) is 23.4 Å². The minimum atomic E-state index is -0.552. The molecular weight excluding hydrogens is 358 g/mol. The van der Waals surface area contributed by atoms with Crippen LogP contribution in [0.2, 0.25) is 0 Å². The van der Waals surface area contributed by atoms with Crippen molar-refractivity contribution in [1.82, 2.24) is 0 Å². The van der Waals surface area contributed by atoms with Gasteiger partial charge in [-0.3, -0.25) is 0 Å². The highest BCUT2D eigenvalue weighted by Gasteiger charge is 2.33. The van der Waals surface area contributed by atoms with Gasteiger partial charge in [-0.2, -0.15) is 0 Å². The van der Waals surface area contributed by atoms with Gasteiger partial charge >= 0.3 is 0 Å². The van der Waals surface area contributed by atoms with Crippen molar-refractivity contribution in [3.05, 3.63) is 0 Å². The molecule has 2 nitrogen and oxygen atoms in total. The van der Waals surface area contributed by atoms with E-state index >= 15 is 0 Å². The predicted molar refractivity (Wildman–Crippen MR) is 122 cm³/mol. The van der Waals surface area contributed by atoms with Gasteiger partial charge in [-0.25, -0.2) is 0 Å². The summed E-state index contributed by atoms with van der Waals surface area (Å²) in [6.07, 6.45) is 14.7. The van der Waals surface area contributed by atoms with Crippen molar-refractivity contribution < 1.29 is 10.2 Å². The highest BCUT2D eigenvalue weighted by Crippen LogP contribution is 2.42. The lowest BCUT2D eigenvalue weighted by molar-refractivity contribution is 0.0847. The highest BCUT2D eigenvalue weighted by molar-refractivity contribution is 7.18. The van der Waals surface area contributed by atoms with Gasteiger partial charge in [-0.15, -0.1) is 18.5 Å². The minimum Gasteiger partial charge on any atom is -0.393 e. The fourth-order valence-electron chi connectivity index (χ4n) is 4.79. The summed E-state index contributed by atoms with van der Waals surface area (Å²) in [5.74, 6) is 2.01. The second kappa shape index (κ2) is 13.1. The minimum absolute atomic E-state index is 0.134.